The lowest BCUT2D eigenvalue weighted by Crippen LogP contribution is -2.59. The van der Waals surface area contributed by atoms with Gasteiger partial charge >= 0.3 is 0 Å². The van der Waals surface area contributed by atoms with Crippen molar-refractivity contribution in [1.82, 2.24) is 14.1 Å². The zero-order valence-corrected chi connectivity index (χ0v) is 20.4. The van der Waals surface area contributed by atoms with Gasteiger partial charge in [0.05, 0.1) is 5.75 Å². The molecule has 3 heterocycles. The average Bonchev–Trinajstić information content (AvgIpc) is 2.91. The highest BCUT2D eigenvalue weighted by Gasteiger charge is 2.41. The van der Waals surface area contributed by atoms with Gasteiger partial charge in [-0.1, -0.05) is 36.4 Å². The molecular weight excluding hydrogens is 470 g/mol. The first-order valence-corrected chi connectivity index (χ1v) is 13.5. The van der Waals surface area contributed by atoms with Crippen molar-refractivity contribution in [2.24, 2.45) is 0 Å². The molecule has 0 bridgehead atoms. The van der Waals surface area contributed by atoms with Crippen molar-refractivity contribution in [2.45, 2.75) is 32.0 Å². The Labute approximate surface area is 205 Å². The van der Waals surface area contributed by atoms with Gasteiger partial charge < -0.3 is 19.3 Å². The third kappa shape index (κ3) is 4.60. The maximum absolute atomic E-state index is 13.5. The number of ether oxygens (including phenoxy) is 2. The van der Waals surface area contributed by atoms with Gasteiger partial charge in [-0.15, -0.1) is 0 Å². The van der Waals surface area contributed by atoms with Crippen LogP contribution in [0.5, 0.6) is 11.5 Å². The first kappa shape index (κ1) is 23.6. The average molecular weight is 500 g/mol. The van der Waals surface area contributed by atoms with E-state index in [9.17, 15) is 18.0 Å². The Morgan fingerprint density at radius 2 is 1.49 bits per heavy atom. The lowest BCUT2D eigenvalue weighted by Gasteiger charge is -2.41. The summed E-state index contributed by atoms with van der Waals surface area (Å²) in [5.41, 5.74) is 1.93. The maximum Gasteiger partial charge on any atom is 0.267 e. The van der Waals surface area contributed by atoms with Crippen molar-refractivity contribution < 1.29 is 27.5 Å². The van der Waals surface area contributed by atoms with Gasteiger partial charge in [-0.05, 0) is 36.6 Å². The van der Waals surface area contributed by atoms with Crippen LogP contribution in [0.2, 0.25) is 0 Å². The molecule has 9 nitrogen and oxygen atoms in total. The molecule has 1 saturated heterocycles. The van der Waals surface area contributed by atoms with Gasteiger partial charge in [0.15, 0.2) is 11.5 Å². The molecule has 0 saturated carbocycles. The van der Waals surface area contributed by atoms with Gasteiger partial charge in [0.2, 0.25) is 22.0 Å². The fraction of sp³-hybridized carbons (Fsp3) is 0.440. The second kappa shape index (κ2) is 9.50. The number of hydrogen-bond acceptors (Lipinski definition) is 6. The molecule has 2 aromatic rings. The number of para-hydroxylation sites is 2. The van der Waals surface area contributed by atoms with Crippen molar-refractivity contribution >= 4 is 21.8 Å². The summed E-state index contributed by atoms with van der Waals surface area (Å²) in [5, 5.41) is 0. The van der Waals surface area contributed by atoms with Crippen LogP contribution >= 0.6 is 0 Å². The Hall–Kier alpha value is -3.11. The number of carbonyl (C=O) groups excluding carboxylic acids is 2. The summed E-state index contributed by atoms with van der Waals surface area (Å²) in [5.74, 6) is 0.713. The normalized spacial score (nSPS) is 22.4. The molecule has 3 aliphatic rings. The predicted molar refractivity (Wildman–Crippen MR) is 128 cm³/mol. The fourth-order valence-corrected chi connectivity index (χ4v) is 6.09. The van der Waals surface area contributed by atoms with E-state index in [0.717, 1.165) is 11.1 Å². The second-order valence-corrected chi connectivity index (χ2v) is 11.2. The number of carbonyl (C=O) groups is 2. The molecule has 0 spiro atoms. The molecule has 2 atom stereocenters. The lowest BCUT2D eigenvalue weighted by atomic mass is 9.95. The summed E-state index contributed by atoms with van der Waals surface area (Å²) in [7, 11) is -3.57. The highest BCUT2D eigenvalue weighted by atomic mass is 32.2. The summed E-state index contributed by atoms with van der Waals surface area (Å²) in [6.07, 6.45) is -0.382. The van der Waals surface area contributed by atoms with Crippen LogP contribution in [0.25, 0.3) is 0 Å². The Bertz CT molecular complexity index is 1230. The fourth-order valence-electron chi connectivity index (χ4n) is 4.87. The molecule has 186 valence electrons. The van der Waals surface area contributed by atoms with Gasteiger partial charge in [0.1, 0.15) is 12.6 Å². The van der Waals surface area contributed by atoms with E-state index >= 15 is 0 Å². The van der Waals surface area contributed by atoms with Crippen LogP contribution in [0.1, 0.15) is 18.1 Å². The predicted octanol–water partition coefficient (Wildman–Crippen LogP) is 1.27. The molecule has 35 heavy (non-hydrogen) atoms. The zero-order valence-electron chi connectivity index (χ0n) is 19.6. The standard InChI is InChI=1S/C25H29N3O6S/c1-2-35(31,32)28-16-19-8-4-3-7-18(19)15-20(28)24(29)26-11-13-27(14-12-26)25(30)23-17-33-21-9-5-6-10-22(21)34-23/h3-10,20,23H,2,11-17H2,1H3. The molecule has 5 rings (SSSR count). The molecule has 2 amide bonds. The third-order valence-corrected chi connectivity index (χ3v) is 8.73. The minimum Gasteiger partial charge on any atom is -0.485 e. The van der Waals surface area contributed by atoms with E-state index in [1.54, 1.807) is 28.9 Å². The summed E-state index contributed by atoms with van der Waals surface area (Å²) in [4.78, 5) is 29.9. The molecule has 2 aromatic carbocycles. The monoisotopic (exact) mass is 499 g/mol. The summed E-state index contributed by atoms with van der Waals surface area (Å²) >= 11 is 0. The summed E-state index contributed by atoms with van der Waals surface area (Å²) in [6.45, 7) is 3.32. The Morgan fingerprint density at radius 1 is 0.886 bits per heavy atom. The largest absolute Gasteiger partial charge is 0.485 e. The molecule has 0 aliphatic carbocycles. The quantitative estimate of drug-likeness (QED) is 0.629. The van der Waals surface area contributed by atoms with E-state index in [4.69, 9.17) is 9.47 Å². The first-order chi connectivity index (χ1) is 16.9. The molecule has 1 fully saturated rings. The van der Waals surface area contributed by atoms with Crippen LogP contribution in [0, 0.1) is 0 Å². The topological polar surface area (TPSA) is 96.5 Å². The second-order valence-electron chi connectivity index (χ2n) is 8.95. The van der Waals surface area contributed by atoms with Crippen LogP contribution in [-0.4, -0.2) is 85.0 Å². The molecule has 0 radical (unpaired) electrons. The summed E-state index contributed by atoms with van der Waals surface area (Å²) in [6, 6.07) is 14.1. The van der Waals surface area contributed by atoms with E-state index in [2.05, 4.69) is 0 Å². The van der Waals surface area contributed by atoms with Crippen LogP contribution in [0.15, 0.2) is 48.5 Å². The number of nitrogens with zero attached hydrogens (tertiary/aromatic N) is 3. The van der Waals surface area contributed by atoms with E-state index < -0.39 is 22.2 Å². The minimum absolute atomic E-state index is 0.0617. The van der Waals surface area contributed by atoms with Gasteiger partial charge in [0.25, 0.3) is 5.91 Å². The molecule has 3 aliphatic heterocycles. The number of piperazine rings is 1. The number of fused-ring (bicyclic) bond motifs is 2. The number of benzene rings is 2. The zero-order chi connectivity index (χ0) is 24.6. The number of sulfonamides is 1. The van der Waals surface area contributed by atoms with E-state index in [1.165, 1.54) is 4.31 Å². The molecule has 0 aromatic heterocycles. The summed E-state index contributed by atoms with van der Waals surface area (Å²) < 4.78 is 38.5. The van der Waals surface area contributed by atoms with E-state index in [-0.39, 0.29) is 30.7 Å². The Morgan fingerprint density at radius 3 is 2.17 bits per heavy atom. The van der Waals surface area contributed by atoms with E-state index in [0.29, 0.717) is 44.1 Å². The van der Waals surface area contributed by atoms with Crippen molar-refractivity contribution in [3.05, 3.63) is 59.7 Å². The van der Waals surface area contributed by atoms with Gasteiger partial charge in [-0.25, -0.2) is 8.42 Å². The number of hydrogen-bond donors (Lipinski definition) is 0. The van der Waals surface area contributed by atoms with Crippen LogP contribution in [-0.2, 0) is 32.6 Å². The first-order valence-electron chi connectivity index (χ1n) is 11.9. The van der Waals surface area contributed by atoms with E-state index in [1.807, 2.05) is 36.4 Å². The SMILES string of the molecule is CCS(=O)(=O)N1Cc2ccccc2CC1C(=O)N1CCN(C(=O)C2COc3ccccc3O2)CC1. The van der Waals surface area contributed by atoms with Crippen molar-refractivity contribution in [2.75, 3.05) is 38.5 Å². The lowest BCUT2D eigenvalue weighted by molar-refractivity contribution is -0.147. The van der Waals surface area contributed by atoms with Crippen LogP contribution in [0.4, 0.5) is 0 Å². The van der Waals surface area contributed by atoms with Gasteiger partial charge in [-0.2, -0.15) is 4.31 Å². The van der Waals surface area contributed by atoms with Crippen molar-refractivity contribution in [3.8, 4) is 11.5 Å². The molecule has 10 heteroatoms. The van der Waals surface area contributed by atoms with Crippen LogP contribution < -0.4 is 9.47 Å². The van der Waals surface area contributed by atoms with Gasteiger partial charge in [-0.3, -0.25) is 9.59 Å². The maximum atomic E-state index is 13.5. The molecular formula is C25H29N3O6S. The van der Waals surface area contributed by atoms with Crippen molar-refractivity contribution in [1.29, 1.82) is 0 Å². The Kier molecular flexibility index (Phi) is 6.41. The highest BCUT2D eigenvalue weighted by molar-refractivity contribution is 7.89. The van der Waals surface area contributed by atoms with Crippen molar-refractivity contribution in [3.63, 3.8) is 0 Å². The highest BCUT2D eigenvalue weighted by Crippen LogP contribution is 2.32. The number of rotatable bonds is 4. The minimum atomic E-state index is -3.57. The smallest absolute Gasteiger partial charge is 0.267 e. The Balaban J connectivity index is 1.25. The molecule has 2 unspecified atom stereocenters. The molecule has 0 N–H and O–H groups in total. The van der Waals surface area contributed by atoms with Gasteiger partial charge in [0, 0.05) is 32.7 Å². The van der Waals surface area contributed by atoms with Crippen LogP contribution in [0.3, 0.4) is 0 Å². The number of amides is 2. The third-order valence-electron chi connectivity index (χ3n) is 6.90.